The molecule has 64 heavy (non-hydrogen) atoms. The van der Waals surface area contributed by atoms with E-state index >= 15 is 0 Å². The third kappa shape index (κ3) is 9.93. The first-order valence-corrected chi connectivity index (χ1v) is 21.9. The minimum absolute atomic E-state index is 0.0314. The maximum Gasteiger partial charge on any atom is 0.416 e. The van der Waals surface area contributed by atoms with Crippen molar-refractivity contribution in [1.82, 2.24) is 15.3 Å². The summed E-state index contributed by atoms with van der Waals surface area (Å²) in [6, 6.07) is 9.74. The number of esters is 2. The van der Waals surface area contributed by atoms with E-state index in [2.05, 4.69) is 20.3 Å². The number of carbonyl (C=O) groups excluding carboxylic acids is 4. The van der Waals surface area contributed by atoms with Gasteiger partial charge in [-0.1, -0.05) is 24.3 Å². The average Bonchev–Trinajstić information content (AvgIpc) is 4.11. The summed E-state index contributed by atoms with van der Waals surface area (Å²) in [6.07, 6.45) is -2.70. The van der Waals surface area contributed by atoms with Crippen molar-refractivity contribution in [3.05, 3.63) is 92.3 Å². The summed E-state index contributed by atoms with van der Waals surface area (Å²) in [7, 11) is 0. The van der Waals surface area contributed by atoms with Gasteiger partial charge in [0.1, 0.15) is 21.2 Å². The predicted molar refractivity (Wildman–Crippen MR) is 224 cm³/mol. The van der Waals surface area contributed by atoms with E-state index in [0.717, 1.165) is 61.3 Å². The Hall–Kier alpha value is -5.85. The van der Waals surface area contributed by atoms with E-state index in [1.165, 1.54) is 41.7 Å². The predicted octanol–water partition coefficient (Wildman–Crippen LogP) is 11.1. The van der Waals surface area contributed by atoms with Crippen LogP contribution in [-0.2, 0) is 40.9 Å². The number of halogens is 6. The Morgan fingerprint density at radius 1 is 0.797 bits per heavy atom. The Morgan fingerprint density at radius 2 is 1.25 bits per heavy atom. The van der Waals surface area contributed by atoms with Gasteiger partial charge in [-0.25, -0.2) is 34.1 Å². The summed E-state index contributed by atoms with van der Waals surface area (Å²) in [5.41, 5.74) is -2.29. The van der Waals surface area contributed by atoms with Gasteiger partial charge in [0, 0.05) is 34.0 Å². The number of aliphatic hydroxyl groups excluding tert-OH is 1. The van der Waals surface area contributed by atoms with Gasteiger partial charge in [0.05, 0.1) is 22.5 Å². The number of benzene rings is 2. The fourth-order valence-corrected chi connectivity index (χ4v) is 9.64. The van der Waals surface area contributed by atoms with Crippen molar-refractivity contribution in [3.8, 4) is 21.1 Å². The number of rotatable bonds is 7. The van der Waals surface area contributed by atoms with Crippen LogP contribution >= 0.6 is 22.7 Å². The molecular weight excluding hydrogens is 891 g/mol. The van der Waals surface area contributed by atoms with Gasteiger partial charge in [0.15, 0.2) is 22.7 Å². The molecule has 2 aromatic carbocycles. The number of aryl methyl sites for hydroxylation is 2. The van der Waals surface area contributed by atoms with Gasteiger partial charge >= 0.3 is 30.4 Å². The summed E-state index contributed by atoms with van der Waals surface area (Å²) in [5, 5.41) is 13.9. The molecule has 2 aliphatic heterocycles. The average molecular weight is 933 g/mol. The lowest BCUT2D eigenvalue weighted by molar-refractivity contribution is -0.147. The van der Waals surface area contributed by atoms with Crippen LogP contribution in [0.15, 0.2) is 65.0 Å². The molecule has 2 fully saturated rings. The molecule has 0 radical (unpaired) electrons. The van der Waals surface area contributed by atoms with Crippen LogP contribution in [0.2, 0.25) is 0 Å². The van der Waals surface area contributed by atoms with Crippen LogP contribution in [0, 0.1) is 13.8 Å². The van der Waals surface area contributed by atoms with E-state index in [0.29, 0.717) is 64.1 Å². The molecule has 8 rings (SSSR count). The largest absolute Gasteiger partial charge is 0.507 e. The zero-order valence-corrected chi connectivity index (χ0v) is 36.6. The summed E-state index contributed by atoms with van der Waals surface area (Å²) in [4.78, 5) is 59.9. The number of alkyl halides is 6. The van der Waals surface area contributed by atoms with Crippen molar-refractivity contribution in [2.45, 2.75) is 103 Å². The molecule has 2 saturated carbocycles. The van der Waals surface area contributed by atoms with Crippen molar-refractivity contribution in [2.75, 3.05) is 13.1 Å². The van der Waals surface area contributed by atoms with Gasteiger partial charge in [0.2, 0.25) is 6.08 Å². The van der Waals surface area contributed by atoms with Gasteiger partial charge in [-0.15, -0.1) is 22.7 Å². The van der Waals surface area contributed by atoms with Gasteiger partial charge in [0.25, 0.3) is 0 Å². The molecule has 340 valence electrons. The molecule has 2 spiro atoms. The summed E-state index contributed by atoms with van der Waals surface area (Å²) < 4.78 is 95.0. The van der Waals surface area contributed by atoms with Crippen LogP contribution in [0.5, 0.6) is 0 Å². The molecule has 2 N–H and O–H groups in total. The monoisotopic (exact) mass is 932 g/mol. The second-order valence-corrected chi connectivity index (χ2v) is 17.5. The number of ether oxygens (including phenoxy) is 3. The molecule has 12 nitrogen and oxygen atoms in total. The number of isocyanates is 1. The third-order valence-corrected chi connectivity index (χ3v) is 12.8. The Balaban J connectivity index is 0.000000194. The number of alkyl carbamates (subject to hydrolysis) is 1. The first kappa shape index (κ1) is 47.6. The molecule has 0 saturated heterocycles. The smallest absolute Gasteiger partial charge is 0.416 e. The standard InChI is InChI=1S/C22H21F3N2O4S.C19H16F3NO3S.C3H5NO/c1-3-26-20(29)30-17-15(19(28)31-21(17)9-4-5-10-21)16-12(2)32-18(27-16)13-7-6-8-14(11-13)22(23,24)25;1-10-14(13-15(24)18(26-17(13)25)7-2-3-8-18)23-16(27-10)11-5-4-6-12(9-11)19(20,21)22;1-2-4-3-5/h6-8,11H,3-5,9-10H2,1-2H3,(H,26,29);4-6,9,24H,2-3,7-8H2,1H3;2H2,1H3. The first-order chi connectivity index (χ1) is 30.3. The molecule has 2 aliphatic carbocycles. The number of aliphatic imine (C=N–C) groups is 1. The molecule has 0 atom stereocenters. The number of carbonyl (C=O) groups is 3. The highest BCUT2D eigenvalue weighted by atomic mass is 32.1. The van der Waals surface area contributed by atoms with Crippen LogP contribution in [0.1, 0.15) is 97.5 Å². The summed E-state index contributed by atoms with van der Waals surface area (Å²) >= 11 is 2.34. The summed E-state index contributed by atoms with van der Waals surface area (Å²) in [5.74, 6) is -1.24. The molecule has 0 bridgehead atoms. The lowest BCUT2D eigenvalue weighted by Crippen LogP contribution is -2.33. The van der Waals surface area contributed by atoms with Gasteiger partial charge in [-0.3, -0.25) is 0 Å². The van der Waals surface area contributed by atoms with Crippen molar-refractivity contribution in [2.24, 2.45) is 4.99 Å². The SMILES string of the molecule is CCN=C=O.CCNC(=O)OC1=C(c2nc(-c3cccc(C(F)(F)F)c3)sc2C)C(=O)OC12CCCC2.Cc1sc(-c2cccc(C(F)(F)F)c2)nc1C1=C(O)C2(CCCC2)OC1=O. The van der Waals surface area contributed by atoms with E-state index < -0.39 is 52.7 Å². The highest BCUT2D eigenvalue weighted by molar-refractivity contribution is 7.15. The molecule has 0 unspecified atom stereocenters. The highest BCUT2D eigenvalue weighted by Gasteiger charge is 2.54. The van der Waals surface area contributed by atoms with Crippen LogP contribution < -0.4 is 5.32 Å². The second-order valence-electron chi connectivity index (χ2n) is 15.1. The third-order valence-electron chi connectivity index (χ3n) is 10.8. The molecule has 1 amide bonds. The van der Waals surface area contributed by atoms with Crippen LogP contribution in [-0.4, -0.2) is 63.5 Å². The van der Waals surface area contributed by atoms with Crippen LogP contribution in [0.3, 0.4) is 0 Å². The van der Waals surface area contributed by atoms with Crippen molar-refractivity contribution >= 4 is 57.9 Å². The normalized spacial score (nSPS) is 17.4. The first-order valence-electron chi connectivity index (χ1n) is 20.2. The van der Waals surface area contributed by atoms with E-state index in [-0.39, 0.29) is 39.6 Å². The fraction of sp³-hybridized carbons (Fsp3) is 0.409. The lowest BCUT2D eigenvalue weighted by atomic mass is 9.97. The minimum atomic E-state index is -4.48. The number of thiazole rings is 2. The number of hydrogen-bond donors (Lipinski definition) is 2. The summed E-state index contributed by atoms with van der Waals surface area (Å²) in [6.45, 7) is 7.85. The number of hydrogen-bond acceptors (Lipinski definition) is 13. The zero-order valence-electron chi connectivity index (χ0n) is 34.9. The van der Waals surface area contributed by atoms with Crippen LogP contribution in [0.25, 0.3) is 32.3 Å². The molecule has 4 aliphatic rings. The highest BCUT2D eigenvalue weighted by Crippen LogP contribution is 2.50. The van der Waals surface area contributed by atoms with E-state index in [9.17, 15) is 45.8 Å². The Labute approximate surface area is 371 Å². The number of aliphatic hydroxyl groups is 1. The Bertz CT molecular complexity index is 2540. The van der Waals surface area contributed by atoms with Gasteiger partial charge in [-0.2, -0.15) is 26.3 Å². The van der Waals surface area contributed by atoms with Gasteiger partial charge in [-0.05, 0) is 103 Å². The van der Waals surface area contributed by atoms with E-state index in [1.807, 2.05) is 0 Å². The number of amides is 1. The Kier molecular flexibility index (Phi) is 14.2. The number of nitrogens with one attached hydrogen (secondary N) is 1. The van der Waals surface area contributed by atoms with Crippen LogP contribution in [0.4, 0.5) is 31.1 Å². The van der Waals surface area contributed by atoms with Gasteiger partial charge < -0.3 is 24.6 Å². The van der Waals surface area contributed by atoms with E-state index in [4.69, 9.17) is 19.0 Å². The van der Waals surface area contributed by atoms with Crippen molar-refractivity contribution in [3.63, 3.8) is 0 Å². The Morgan fingerprint density at radius 3 is 1.69 bits per heavy atom. The maximum atomic E-state index is 13.1. The van der Waals surface area contributed by atoms with Crippen molar-refractivity contribution < 1.29 is 64.8 Å². The molecular formula is C44H42F6N4O8S2. The number of nitrogens with zero attached hydrogens (tertiary/aromatic N) is 3. The molecule has 20 heteroatoms. The number of aromatic nitrogens is 2. The molecule has 4 heterocycles. The zero-order chi connectivity index (χ0) is 46.6. The van der Waals surface area contributed by atoms with Crippen molar-refractivity contribution in [1.29, 1.82) is 0 Å². The second kappa shape index (κ2) is 19.1. The lowest BCUT2D eigenvalue weighted by Gasteiger charge is -2.24. The quantitative estimate of drug-likeness (QED) is 0.0599. The maximum absolute atomic E-state index is 13.1. The topological polar surface area (TPSA) is 166 Å². The van der Waals surface area contributed by atoms with E-state index in [1.54, 1.807) is 27.7 Å². The fourth-order valence-electron chi connectivity index (χ4n) is 7.81. The molecule has 4 aromatic rings. The minimum Gasteiger partial charge on any atom is -0.507 e. The molecule has 2 aromatic heterocycles.